The minimum atomic E-state index is 0.632. The maximum absolute atomic E-state index is 4.28. The molecule has 4 heteroatoms. The topological polar surface area (TPSA) is 42.7 Å². The molecule has 1 aliphatic carbocycles. The molecule has 16 heavy (non-hydrogen) atoms. The van der Waals surface area contributed by atoms with Gasteiger partial charge in [-0.2, -0.15) is 5.10 Å². The highest BCUT2D eigenvalue weighted by atomic mass is 15.3. The Hall–Kier alpha value is -0.900. The molecule has 1 saturated carbocycles. The monoisotopic (exact) mass is 222 g/mol. The standard InChI is InChI=1S/C12H22N4/c1-9-4-5-10(2)11(6-9)13-7-12-14-8-16(3)15-12/h8-11,13H,4-7H2,1-3H3. The van der Waals surface area contributed by atoms with E-state index in [1.807, 2.05) is 7.05 Å². The number of hydrogen-bond acceptors (Lipinski definition) is 3. The molecule has 0 amide bonds. The highest BCUT2D eigenvalue weighted by Gasteiger charge is 2.24. The van der Waals surface area contributed by atoms with Crippen LogP contribution in [-0.2, 0) is 13.6 Å². The zero-order valence-corrected chi connectivity index (χ0v) is 10.5. The average molecular weight is 222 g/mol. The first-order valence-electron chi connectivity index (χ1n) is 6.23. The first kappa shape index (κ1) is 11.6. The van der Waals surface area contributed by atoms with Crippen LogP contribution in [0.4, 0.5) is 0 Å². The Labute approximate surface area is 97.5 Å². The third-order valence-corrected chi connectivity index (χ3v) is 3.63. The fraction of sp³-hybridized carbons (Fsp3) is 0.833. The highest BCUT2D eigenvalue weighted by Crippen LogP contribution is 2.28. The van der Waals surface area contributed by atoms with Crippen LogP contribution < -0.4 is 5.32 Å². The highest BCUT2D eigenvalue weighted by molar-refractivity contribution is 4.86. The fourth-order valence-corrected chi connectivity index (χ4v) is 2.50. The summed E-state index contributed by atoms with van der Waals surface area (Å²) in [5.41, 5.74) is 0. The van der Waals surface area contributed by atoms with Gasteiger partial charge in [-0.05, 0) is 24.7 Å². The second-order valence-electron chi connectivity index (χ2n) is 5.22. The van der Waals surface area contributed by atoms with Crippen molar-refractivity contribution in [2.24, 2.45) is 18.9 Å². The zero-order valence-electron chi connectivity index (χ0n) is 10.5. The molecule has 1 fully saturated rings. The number of rotatable bonds is 3. The van der Waals surface area contributed by atoms with E-state index in [1.165, 1.54) is 19.3 Å². The Kier molecular flexibility index (Phi) is 3.59. The van der Waals surface area contributed by atoms with Gasteiger partial charge in [-0.15, -0.1) is 0 Å². The Balaban J connectivity index is 1.84. The Morgan fingerprint density at radius 2 is 2.25 bits per heavy atom. The van der Waals surface area contributed by atoms with Gasteiger partial charge < -0.3 is 5.32 Å². The largest absolute Gasteiger partial charge is 0.307 e. The SMILES string of the molecule is CC1CCC(C)C(NCc2ncn(C)n2)C1. The van der Waals surface area contributed by atoms with Gasteiger partial charge in [0.1, 0.15) is 6.33 Å². The van der Waals surface area contributed by atoms with E-state index in [0.29, 0.717) is 6.04 Å². The minimum Gasteiger partial charge on any atom is -0.307 e. The summed E-state index contributed by atoms with van der Waals surface area (Å²) < 4.78 is 1.75. The van der Waals surface area contributed by atoms with Crippen LogP contribution in [0.5, 0.6) is 0 Å². The third kappa shape index (κ3) is 2.82. The minimum absolute atomic E-state index is 0.632. The lowest BCUT2D eigenvalue weighted by atomic mass is 9.80. The molecule has 1 aromatic rings. The van der Waals surface area contributed by atoms with Crippen molar-refractivity contribution in [3.63, 3.8) is 0 Å². The van der Waals surface area contributed by atoms with Gasteiger partial charge in [-0.1, -0.05) is 20.3 Å². The third-order valence-electron chi connectivity index (χ3n) is 3.63. The van der Waals surface area contributed by atoms with Crippen molar-refractivity contribution in [1.82, 2.24) is 20.1 Å². The molecular weight excluding hydrogens is 200 g/mol. The van der Waals surface area contributed by atoms with E-state index in [1.54, 1.807) is 11.0 Å². The first-order valence-corrected chi connectivity index (χ1v) is 6.23. The Morgan fingerprint density at radius 1 is 1.44 bits per heavy atom. The lowest BCUT2D eigenvalue weighted by molar-refractivity contribution is 0.226. The molecule has 0 spiro atoms. The number of aromatic nitrogens is 3. The van der Waals surface area contributed by atoms with E-state index in [4.69, 9.17) is 0 Å². The van der Waals surface area contributed by atoms with Crippen molar-refractivity contribution in [3.05, 3.63) is 12.2 Å². The molecule has 0 aromatic carbocycles. The van der Waals surface area contributed by atoms with Gasteiger partial charge in [0.05, 0.1) is 6.54 Å². The van der Waals surface area contributed by atoms with Crippen LogP contribution in [0.1, 0.15) is 38.9 Å². The number of hydrogen-bond donors (Lipinski definition) is 1. The average Bonchev–Trinajstić information content (AvgIpc) is 2.66. The summed E-state index contributed by atoms with van der Waals surface area (Å²) >= 11 is 0. The molecule has 0 bridgehead atoms. The normalized spacial score (nSPS) is 30.6. The molecule has 3 atom stereocenters. The van der Waals surface area contributed by atoms with Crippen LogP contribution in [0.15, 0.2) is 6.33 Å². The molecule has 0 aliphatic heterocycles. The smallest absolute Gasteiger partial charge is 0.164 e. The van der Waals surface area contributed by atoms with E-state index < -0.39 is 0 Å². The van der Waals surface area contributed by atoms with Gasteiger partial charge in [-0.3, -0.25) is 4.68 Å². The lowest BCUT2D eigenvalue weighted by Gasteiger charge is -2.33. The van der Waals surface area contributed by atoms with Gasteiger partial charge in [0.25, 0.3) is 0 Å². The molecule has 90 valence electrons. The second-order valence-corrected chi connectivity index (χ2v) is 5.22. The van der Waals surface area contributed by atoms with Crippen molar-refractivity contribution in [3.8, 4) is 0 Å². The molecule has 2 rings (SSSR count). The van der Waals surface area contributed by atoms with Crippen LogP contribution in [0, 0.1) is 11.8 Å². The van der Waals surface area contributed by atoms with Crippen molar-refractivity contribution in [2.45, 2.75) is 45.7 Å². The van der Waals surface area contributed by atoms with Crippen molar-refractivity contribution in [1.29, 1.82) is 0 Å². The van der Waals surface area contributed by atoms with Crippen molar-refractivity contribution >= 4 is 0 Å². The van der Waals surface area contributed by atoms with Crippen LogP contribution in [0.25, 0.3) is 0 Å². The summed E-state index contributed by atoms with van der Waals surface area (Å²) in [5, 5.41) is 7.88. The van der Waals surface area contributed by atoms with E-state index in [0.717, 1.165) is 24.2 Å². The van der Waals surface area contributed by atoms with E-state index in [2.05, 4.69) is 29.2 Å². The maximum atomic E-state index is 4.28. The summed E-state index contributed by atoms with van der Waals surface area (Å²) in [7, 11) is 1.90. The molecular formula is C12H22N4. The molecule has 1 heterocycles. The van der Waals surface area contributed by atoms with E-state index >= 15 is 0 Å². The van der Waals surface area contributed by atoms with Crippen LogP contribution in [0.2, 0.25) is 0 Å². The van der Waals surface area contributed by atoms with E-state index in [-0.39, 0.29) is 0 Å². The maximum Gasteiger partial charge on any atom is 0.164 e. The Bertz CT molecular complexity index is 334. The molecule has 1 N–H and O–H groups in total. The van der Waals surface area contributed by atoms with Gasteiger partial charge in [-0.25, -0.2) is 4.98 Å². The van der Waals surface area contributed by atoms with Crippen molar-refractivity contribution < 1.29 is 0 Å². The number of nitrogens with zero attached hydrogens (tertiary/aromatic N) is 3. The van der Waals surface area contributed by atoms with E-state index in [9.17, 15) is 0 Å². The summed E-state index contributed by atoms with van der Waals surface area (Å²) in [6, 6.07) is 0.632. The predicted molar refractivity (Wildman–Crippen MR) is 63.8 cm³/mol. The predicted octanol–water partition coefficient (Wildman–Crippen LogP) is 1.73. The molecule has 1 aromatic heterocycles. The fourth-order valence-electron chi connectivity index (χ4n) is 2.50. The quantitative estimate of drug-likeness (QED) is 0.847. The summed E-state index contributed by atoms with van der Waals surface area (Å²) in [6.07, 6.45) is 5.76. The van der Waals surface area contributed by atoms with Crippen LogP contribution >= 0.6 is 0 Å². The number of nitrogens with one attached hydrogen (secondary N) is 1. The van der Waals surface area contributed by atoms with Gasteiger partial charge >= 0.3 is 0 Å². The molecule has 0 radical (unpaired) electrons. The summed E-state index contributed by atoms with van der Waals surface area (Å²) in [5.74, 6) is 2.53. The molecule has 4 nitrogen and oxygen atoms in total. The first-order chi connectivity index (χ1) is 7.65. The number of aryl methyl sites for hydroxylation is 1. The molecule has 0 saturated heterocycles. The van der Waals surface area contributed by atoms with Crippen LogP contribution in [0.3, 0.4) is 0 Å². The zero-order chi connectivity index (χ0) is 11.5. The van der Waals surface area contributed by atoms with Gasteiger partial charge in [0, 0.05) is 13.1 Å². The second kappa shape index (κ2) is 4.95. The lowest BCUT2D eigenvalue weighted by Crippen LogP contribution is -2.39. The van der Waals surface area contributed by atoms with Gasteiger partial charge in [0.2, 0.25) is 0 Å². The van der Waals surface area contributed by atoms with Crippen molar-refractivity contribution in [2.75, 3.05) is 0 Å². The summed E-state index contributed by atoms with van der Waals surface area (Å²) in [4.78, 5) is 4.23. The molecule has 1 aliphatic rings. The molecule has 3 unspecified atom stereocenters. The summed E-state index contributed by atoms with van der Waals surface area (Å²) in [6.45, 7) is 5.48. The van der Waals surface area contributed by atoms with Crippen LogP contribution in [-0.4, -0.2) is 20.8 Å². The van der Waals surface area contributed by atoms with Gasteiger partial charge in [0.15, 0.2) is 5.82 Å². The Morgan fingerprint density at radius 3 is 2.94 bits per heavy atom.